The van der Waals surface area contributed by atoms with E-state index in [-0.39, 0.29) is 0 Å². The van der Waals surface area contributed by atoms with E-state index >= 15 is 0 Å². The van der Waals surface area contributed by atoms with Crippen LogP contribution in [-0.2, 0) is 4.43 Å². The molecule has 17 heavy (non-hydrogen) atoms. The molecule has 4 heteroatoms. The van der Waals surface area contributed by atoms with Crippen molar-refractivity contribution in [1.29, 1.82) is 0 Å². The molecule has 0 bridgehead atoms. The zero-order valence-corrected chi connectivity index (χ0v) is 12.1. The summed E-state index contributed by atoms with van der Waals surface area (Å²) in [4.78, 5) is 0. The van der Waals surface area contributed by atoms with Gasteiger partial charge in [0, 0.05) is 12.3 Å². The van der Waals surface area contributed by atoms with Gasteiger partial charge in [0.2, 0.25) is 0 Å². The third-order valence-electron chi connectivity index (χ3n) is 2.37. The molecule has 1 unspecified atom stereocenters. The summed E-state index contributed by atoms with van der Waals surface area (Å²) >= 11 is 3.62. The maximum absolute atomic E-state index is 5.97. The third-order valence-corrected chi connectivity index (χ3v) is 7.25. The summed E-state index contributed by atoms with van der Waals surface area (Å²) in [7, 11) is -0.864. The maximum atomic E-state index is 5.97. The van der Waals surface area contributed by atoms with Crippen molar-refractivity contribution in [2.45, 2.75) is 0 Å². The summed E-state index contributed by atoms with van der Waals surface area (Å²) in [6, 6.07) is 19.6. The van der Waals surface area contributed by atoms with Crippen LogP contribution in [0.3, 0.4) is 0 Å². The summed E-state index contributed by atoms with van der Waals surface area (Å²) in [5.74, 6) is 0.807. The average molecular weight is 309 g/mol. The van der Waals surface area contributed by atoms with E-state index in [2.05, 4.69) is 15.3 Å². The van der Waals surface area contributed by atoms with E-state index in [1.54, 1.807) is 7.11 Å². The lowest BCUT2D eigenvalue weighted by molar-refractivity contribution is 0.341. The number of hydrogen-bond acceptors (Lipinski definition) is 2. The Kier molecular flexibility index (Phi) is 3.99. The molecule has 2 rings (SSSR count). The minimum Gasteiger partial charge on any atom is -0.510 e. The number of hydrogen-bond donors (Lipinski definition) is 0. The Morgan fingerprint density at radius 3 is 1.94 bits per heavy atom. The number of para-hydroxylation sites is 1. The lowest BCUT2D eigenvalue weighted by Gasteiger charge is -2.23. The second kappa shape index (κ2) is 5.49. The van der Waals surface area contributed by atoms with Crippen molar-refractivity contribution in [1.82, 2.24) is 0 Å². The zero-order valence-electron chi connectivity index (χ0n) is 9.47. The Balaban J connectivity index is 2.27. The van der Waals surface area contributed by atoms with Crippen LogP contribution in [0.4, 0.5) is 0 Å². The second-order valence-corrected chi connectivity index (χ2v) is 8.92. The molecular formula is C13H13BrO2Si. The highest BCUT2D eigenvalue weighted by Crippen LogP contribution is 2.20. The van der Waals surface area contributed by atoms with Gasteiger partial charge in [-0.3, -0.25) is 0 Å². The summed E-state index contributed by atoms with van der Waals surface area (Å²) < 4.78 is 11.5. The largest absolute Gasteiger partial charge is 0.510 e. The van der Waals surface area contributed by atoms with Crippen LogP contribution in [0.25, 0.3) is 0 Å². The van der Waals surface area contributed by atoms with Crippen molar-refractivity contribution < 1.29 is 8.85 Å². The fourth-order valence-electron chi connectivity index (χ4n) is 1.50. The van der Waals surface area contributed by atoms with Gasteiger partial charge in [-0.2, -0.15) is 0 Å². The molecule has 0 amide bonds. The van der Waals surface area contributed by atoms with Crippen LogP contribution in [0.1, 0.15) is 0 Å². The van der Waals surface area contributed by atoms with Gasteiger partial charge in [-0.1, -0.05) is 48.5 Å². The van der Waals surface area contributed by atoms with Crippen LogP contribution in [0, 0.1) is 0 Å². The molecule has 0 heterocycles. The van der Waals surface area contributed by atoms with Gasteiger partial charge in [0.25, 0.3) is 0 Å². The first-order valence-corrected chi connectivity index (χ1v) is 9.35. The first-order chi connectivity index (χ1) is 8.24. The molecule has 0 aliphatic carbocycles. The summed E-state index contributed by atoms with van der Waals surface area (Å²) in [6.07, 6.45) is 0. The SMILES string of the molecule is CO[Si](Br)(Oc1ccccc1)c1ccccc1. The Morgan fingerprint density at radius 1 is 0.882 bits per heavy atom. The fraction of sp³-hybridized carbons (Fsp3) is 0.0769. The predicted octanol–water partition coefficient (Wildman–Crippen LogP) is 2.95. The molecule has 0 saturated heterocycles. The van der Waals surface area contributed by atoms with Crippen molar-refractivity contribution in [2.75, 3.05) is 7.11 Å². The molecule has 0 aromatic heterocycles. The van der Waals surface area contributed by atoms with Gasteiger partial charge in [-0.05, 0) is 27.4 Å². The minimum absolute atomic E-state index is 0.807. The molecule has 0 spiro atoms. The quantitative estimate of drug-likeness (QED) is 0.638. The van der Waals surface area contributed by atoms with E-state index in [1.807, 2.05) is 60.7 Å². The number of halogens is 1. The van der Waals surface area contributed by atoms with Gasteiger partial charge in [-0.25, -0.2) is 0 Å². The van der Waals surface area contributed by atoms with E-state index in [0.717, 1.165) is 10.9 Å². The second-order valence-electron chi connectivity index (χ2n) is 3.52. The van der Waals surface area contributed by atoms with Crippen molar-refractivity contribution >= 4 is 27.7 Å². The van der Waals surface area contributed by atoms with E-state index < -0.39 is 7.18 Å². The molecule has 2 aromatic rings. The first-order valence-electron chi connectivity index (χ1n) is 5.28. The van der Waals surface area contributed by atoms with Gasteiger partial charge >= 0.3 is 7.18 Å². The highest BCUT2D eigenvalue weighted by atomic mass is 79.9. The molecule has 2 aromatic carbocycles. The highest BCUT2D eigenvalue weighted by molar-refractivity contribution is 9.26. The molecule has 0 saturated carbocycles. The molecule has 1 atom stereocenters. The lowest BCUT2D eigenvalue weighted by Crippen LogP contribution is -2.50. The van der Waals surface area contributed by atoms with Gasteiger partial charge in [0.1, 0.15) is 5.75 Å². The molecule has 0 radical (unpaired) electrons. The topological polar surface area (TPSA) is 18.5 Å². The van der Waals surface area contributed by atoms with E-state index in [1.165, 1.54) is 0 Å². The maximum Gasteiger partial charge on any atom is 0.510 e. The predicted molar refractivity (Wildman–Crippen MR) is 74.8 cm³/mol. The summed E-state index contributed by atoms with van der Waals surface area (Å²) in [5, 5.41) is 1.05. The van der Waals surface area contributed by atoms with Crippen LogP contribution < -0.4 is 9.61 Å². The standard InChI is InChI=1S/C13H13BrO2Si/c1-15-17(14,13-10-6-3-7-11-13)16-12-8-4-2-5-9-12/h2-11H,1H3. The summed E-state index contributed by atoms with van der Waals surface area (Å²) in [5.41, 5.74) is 0. The summed E-state index contributed by atoms with van der Waals surface area (Å²) in [6.45, 7) is 0. The smallest absolute Gasteiger partial charge is 0.510 e. The molecule has 88 valence electrons. The molecular weight excluding hydrogens is 296 g/mol. The van der Waals surface area contributed by atoms with Crippen molar-refractivity contribution in [3.63, 3.8) is 0 Å². The lowest BCUT2D eigenvalue weighted by atomic mass is 10.3. The number of benzene rings is 2. The Morgan fingerprint density at radius 2 is 1.41 bits per heavy atom. The molecule has 0 fully saturated rings. The molecule has 0 aliphatic rings. The Labute approximate surface area is 110 Å². The van der Waals surface area contributed by atoms with E-state index in [0.29, 0.717) is 0 Å². The fourth-order valence-corrected chi connectivity index (χ4v) is 4.32. The van der Waals surface area contributed by atoms with Crippen LogP contribution in [0.15, 0.2) is 60.7 Å². The molecule has 0 N–H and O–H groups in total. The van der Waals surface area contributed by atoms with Crippen LogP contribution >= 0.6 is 15.3 Å². The van der Waals surface area contributed by atoms with Crippen molar-refractivity contribution in [2.24, 2.45) is 0 Å². The monoisotopic (exact) mass is 308 g/mol. The van der Waals surface area contributed by atoms with Crippen LogP contribution in [0.5, 0.6) is 5.75 Å². The first kappa shape index (κ1) is 12.4. The molecule has 2 nitrogen and oxygen atoms in total. The van der Waals surface area contributed by atoms with Crippen LogP contribution in [-0.4, -0.2) is 14.3 Å². The number of rotatable bonds is 4. The molecule has 0 aliphatic heterocycles. The minimum atomic E-state index is -2.53. The average Bonchev–Trinajstić information content (AvgIpc) is 2.41. The Hall–Kier alpha value is -1.10. The zero-order chi connectivity index (χ0) is 12.1. The van der Waals surface area contributed by atoms with Gasteiger partial charge in [0.05, 0.1) is 0 Å². The third kappa shape index (κ3) is 2.97. The van der Waals surface area contributed by atoms with E-state index in [9.17, 15) is 0 Å². The van der Waals surface area contributed by atoms with E-state index in [4.69, 9.17) is 8.85 Å². The Bertz CT molecular complexity index is 463. The van der Waals surface area contributed by atoms with Crippen molar-refractivity contribution in [3.8, 4) is 5.75 Å². The van der Waals surface area contributed by atoms with Crippen LogP contribution in [0.2, 0.25) is 0 Å². The van der Waals surface area contributed by atoms with Gasteiger partial charge < -0.3 is 8.85 Å². The van der Waals surface area contributed by atoms with Gasteiger partial charge in [-0.15, -0.1) is 0 Å². The highest BCUT2D eigenvalue weighted by Gasteiger charge is 2.38. The van der Waals surface area contributed by atoms with Crippen molar-refractivity contribution in [3.05, 3.63) is 60.7 Å². The van der Waals surface area contributed by atoms with Gasteiger partial charge in [0.15, 0.2) is 0 Å². The normalized spacial score (nSPS) is 14.0.